The van der Waals surface area contributed by atoms with E-state index in [1.54, 1.807) is 6.07 Å². The number of para-hydroxylation sites is 1. The molecule has 3 rings (SSSR count). The van der Waals surface area contributed by atoms with Crippen LogP contribution >= 0.6 is 0 Å². The van der Waals surface area contributed by atoms with Gasteiger partial charge in [0, 0.05) is 32.2 Å². The van der Waals surface area contributed by atoms with E-state index in [0.717, 1.165) is 50.7 Å². The standard InChI is InChI=1S/C16H24FN3/c17-14-3-1-2-4-16(14)20-11-9-19(10-12-20)8-7-15(18)13-5-6-13/h1-4,13,15H,5-12,18H2. The molecule has 1 saturated heterocycles. The summed E-state index contributed by atoms with van der Waals surface area (Å²) in [7, 11) is 0. The van der Waals surface area contributed by atoms with Gasteiger partial charge in [0.05, 0.1) is 5.69 Å². The predicted octanol–water partition coefficient (Wildman–Crippen LogP) is 2.08. The Hall–Kier alpha value is -1.13. The third kappa shape index (κ3) is 3.30. The van der Waals surface area contributed by atoms with Crippen LogP contribution in [0.5, 0.6) is 0 Å². The number of hydrogen-bond acceptors (Lipinski definition) is 3. The Balaban J connectivity index is 1.46. The molecule has 2 fully saturated rings. The van der Waals surface area contributed by atoms with Gasteiger partial charge in [0.25, 0.3) is 0 Å². The van der Waals surface area contributed by atoms with Crippen molar-refractivity contribution in [2.45, 2.75) is 25.3 Å². The maximum Gasteiger partial charge on any atom is 0.146 e. The molecule has 0 spiro atoms. The number of nitrogens with two attached hydrogens (primary N) is 1. The van der Waals surface area contributed by atoms with Crippen LogP contribution in [0.2, 0.25) is 0 Å². The summed E-state index contributed by atoms with van der Waals surface area (Å²) in [5, 5.41) is 0. The molecule has 1 saturated carbocycles. The van der Waals surface area contributed by atoms with E-state index in [1.165, 1.54) is 18.9 Å². The number of benzene rings is 1. The molecule has 1 aromatic carbocycles. The van der Waals surface area contributed by atoms with Gasteiger partial charge in [-0.15, -0.1) is 0 Å². The van der Waals surface area contributed by atoms with E-state index >= 15 is 0 Å². The maximum absolute atomic E-state index is 13.7. The highest BCUT2D eigenvalue weighted by atomic mass is 19.1. The topological polar surface area (TPSA) is 32.5 Å². The molecule has 1 aliphatic carbocycles. The van der Waals surface area contributed by atoms with Crippen LogP contribution in [-0.2, 0) is 0 Å². The minimum absolute atomic E-state index is 0.114. The summed E-state index contributed by atoms with van der Waals surface area (Å²) in [5.41, 5.74) is 6.89. The summed E-state index contributed by atoms with van der Waals surface area (Å²) >= 11 is 0. The zero-order valence-electron chi connectivity index (χ0n) is 12.0. The molecule has 1 atom stereocenters. The highest BCUT2D eigenvalue weighted by Crippen LogP contribution is 2.32. The molecular weight excluding hydrogens is 253 g/mol. The van der Waals surface area contributed by atoms with E-state index in [1.807, 2.05) is 12.1 Å². The van der Waals surface area contributed by atoms with Crippen LogP contribution in [0.15, 0.2) is 24.3 Å². The Kier molecular flexibility index (Phi) is 4.22. The van der Waals surface area contributed by atoms with E-state index in [2.05, 4.69) is 9.80 Å². The Bertz CT molecular complexity index is 439. The van der Waals surface area contributed by atoms with Gasteiger partial charge in [0.1, 0.15) is 5.82 Å². The van der Waals surface area contributed by atoms with E-state index in [4.69, 9.17) is 5.73 Å². The second-order valence-corrected chi connectivity index (χ2v) is 6.07. The Labute approximate surface area is 120 Å². The molecule has 20 heavy (non-hydrogen) atoms. The third-order valence-electron chi connectivity index (χ3n) is 4.57. The molecule has 4 heteroatoms. The molecule has 0 amide bonds. The molecule has 0 radical (unpaired) electrons. The average Bonchev–Trinajstić information content (AvgIpc) is 3.31. The molecule has 2 aliphatic rings. The van der Waals surface area contributed by atoms with Crippen molar-refractivity contribution in [2.24, 2.45) is 11.7 Å². The Morgan fingerprint density at radius 2 is 1.85 bits per heavy atom. The number of halogens is 1. The summed E-state index contributed by atoms with van der Waals surface area (Å²) in [4.78, 5) is 4.60. The summed E-state index contributed by atoms with van der Waals surface area (Å²) in [5.74, 6) is 0.673. The summed E-state index contributed by atoms with van der Waals surface area (Å²) in [6.45, 7) is 4.90. The maximum atomic E-state index is 13.7. The zero-order chi connectivity index (χ0) is 13.9. The van der Waals surface area contributed by atoms with Crippen molar-refractivity contribution in [1.29, 1.82) is 0 Å². The third-order valence-corrected chi connectivity index (χ3v) is 4.57. The molecule has 1 aliphatic heterocycles. The van der Waals surface area contributed by atoms with Gasteiger partial charge in [-0.25, -0.2) is 4.39 Å². The first-order chi connectivity index (χ1) is 9.74. The van der Waals surface area contributed by atoms with Crippen LogP contribution in [0, 0.1) is 11.7 Å². The second-order valence-electron chi connectivity index (χ2n) is 6.07. The lowest BCUT2D eigenvalue weighted by molar-refractivity contribution is 0.245. The van der Waals surface area contributed by atoms with Crippen LogP contribution in [0.1, 0.15) is 19.3 Å². The molecule has 110 valence electrons. The second kappa shape index (κ2) is 6.10. The van der Waals surface area contributed by atoms with Crippen molar-refractivity contribution in [3.05, 3.63) is 30.1 Å². The molecule has 0 bridgehead atoms. The highest BCUT2D eigenvalue weighted by Gasteiger charge is 2.28. The molecular formula is C16H24FN3. The van der Waals surface area contributed by atoms with Gasteiger partial charge in [-0.1, -0.05) is 12.1 Å². The van der Waals surface area contributed by atoms with E-state index in [9.17, 15) is 4.39 Å². The average molecular weight is 277 g/mol. The quantitative estimate of drug-likeness (QED) is 0.894. The summed E-state index contributed by atoms with van der Waals surface area (Å²) in [6, 6.07) is 7.44. The van der Waals surface area contributed by atoms with Crippen molar-refractivity contribution < 1.29 is 4.39 Å². The fraction of sp³-hybridized carbons (Fsp3) is 0.625. The first kappa shape index (κ1) is 13.8. The van der Waals surface area contributed by atoms with Crippen LogP contribution in [0.4, 0.5) is 10.1 Å². The van der Waals surface area contributed by atoms with Crippen LogP contribution in [0.25, 0.3) is 0 Å². The lowest BCUT2D eigenvalue weighted by Crippen LogP contribution is -2.47. The Morgan fingerprint density at radius 3 is 2.50 bits per heavy atom. The first-order valence-corrected chi connectivity index (χ1v) is 7.71. The van der Waals surface area contributed by atoms with Gasteiger partial charge in [0.2, 0.25) is 0 Å². The largest absolute Gasteiger partial charge is 0.367 e. The monoisotopic (exact) mass is 277 g/mol. The lowest BCUT2D eigenvalue weighted by Gasteiger charge is -2.36. The highest BCUT2D eigenvalue weighted by molar-refractivity contribution is 5.47. The van der Waals surface area contributed by atoms with E-state index < -0.39 is 0 Å². The van der Waals surface area contributed by atoms with Crippen LogP contribution in [0.3, 0.4) is 0 Å². The number of hydrogen-bond donors (Lipinski definition) is 1. The first-order valence-electron chi connectivity index (χ1n) is 7.71. The van der Waals surface area contributed by atoms with E-state index in [-0.39, 0.29) is 5.82 Å². The van der Waals surface area contributed by atoms with Crippen LogP contribution < -0.4 is 10.6 Å². The van der Waals surface area contributed by atoms with Crippen molar-refractivity contribution in [3.8, 4) is 0 Å². The molecule has 3 nitrogen and oxygen atoms in total. The number of piperazine rings is 1. The van der Waals surface area contributed by atoms with Gasteiger partial charge in [0.15, 0.2) is 0 Å². The lowest BCUT2D eigenvalue weighted by atomic mass is 10.1. The molecule has 1 heterocycles. The molecule has 2 N–H and O–H groups in total. The minimum atomic E-state index is -0.114. The van der Waals surface area contributed by atoms with Crippen molar-refractivity contribution in [1.82, 2.24) is 4.90 Å². The molecule has 1 unspecified atom stereocenters. The zero-order valence-corrected chi connectivity index (χ0v) is 12.0. The van der Waals surface area contributed by atoms with Crippen molar-refractivity contribution >= 4 is 5.69 Å². The van der Waals surface area contributed by atoms with Crippen LogP contribution in [-0.4, -0.2) is 43.7 Å². The fourth-order valence-electron chi connectivity index (χ4n) is 3.01. The number of rotatable bonds is 5. The normalized spacial score (nSPS) is 22.0. The van der Waals surface area contributed by atoms with Gasteiger partial charge >= 0.3 is 0 Å². The van der Waals surface area contributed by atoms with Crippen molar-refractivity contribution in [3.63, 3.8) is 0 Å². The Morgan fingerprint density at radius 1 is 1.15 bits per heavy atom. The summed E-state index contributed by atoms with van der Waals surface area (Å²) < 4.78 is 13.7. The predicted molar refractivity (Wildman–Crippen MR) is 80.4 cm³/mol. The van der Waals surface area contributed by atoms with Gasteiger partial charge in [-0.3, -0.25) is 4.90 Å². The molecule has 1 aromatic rings. The van der Waals surface area contributed by atoms with Crippen molar-refractivity contribution in [2.75, 3.05) is 37.6 Å². The number of nitrogens with zero attached hydrogens (tertiary/aromatic N) is 2. The fourth-order valence-corrected chi connectivity index (χ4v) is 3.01. The van der Waals surface area contributed by atoms with Gasteiger partial charge in [-0.2, -0.15) is 0 Å². The molecule has 0 aromatic heterocycles. The minimum Gasteiger partial charge on any atom is -0.367 e. The van der Waals surface area contributed by atoms with E-state index in [0.29, 0.717) is 6.04 Å². The van der Waals surface area contributed by atoms with Gasteiger partial charge in [-0.05, 0) is 43.9 Å². The SMILES string of the molecule is NC(CCN1CCN(c2ccccc2F)CC1)C1CC1. The summed E-state index contributed by atoms with van der Waals surface area (Å²) in [6.07, 6.45) is 3.74. The van der Waals surface area contributed by atoms with Gasteiger partial charge < -0.3 is 10.6 Å². The smallest absolute Gasteiger partial charge is 0.146 e. The number of anilines is 1.